The van der Waals surface area contributed by atoms with Crippen LogP contribution in [0.5, 0.6) is 0 Å². The molecular weight excluding hydrogens is 380 g/mol. The molecule has 7 heteroatoms. The minimum atomic E-state index is -0.306. The first-order chi connectivity index (χ1) is 12.9. The molecule has 140 valence electrons. The van der Waals surface area contributed by atoms with Gasteiger partial charge in [0.1, 0.15) is 6.33 Å². The van der Waals surface area contributed by atoms with Gasteiger partial charge in [-0.1, -0.05) is 59.3 Å². The number of amides is 1. The van der Waals surface area contributed by atoms with Crippen molar-refractivity contribution in [2.45, 2.75) is 37.7 Å². The molecule has 5 nitrogen and oxygen atoms in total. The Morgan fingerprint density at radius 2 is 1.96 bits per heavy atom. The van der Waals surface area contributed by atoms with Crippen molar-refractivity contribution in [1.29, 1.82) is 0 Å². The molecule has 3 rings (SSSR count). The summed E-state index contributed by atoms with van der Waals surface area (Å²) in [5.41, 5.74) is 4.14. The van der Waals surface area contributed by atoms with Gasteiger partial charge in [0.15, 0.2) is 5.16 Å². The summed E-state index contributed by atoms with van der Waals surface area (Å²) in [6.07, 6.45) is 1.63. The first-order valence-corrected chi connectivity index (χ1v) is 9.86. The highest BCUT2D eigenvalue weighted by Crippen LogP contribution is 2.26. The average molecular weight is 401 g/mol. The maximum absolute atomic E-state index is 12.4. The van der Waals surface area contributed by atoms with Gasteiger partial charge in [0, 0.05) is 11.6 Å². The van der Waals surface area contributed by atoms with E-state index >= 15 is 0 Å². The Balaban J connectivity index is 1.64. The molecule has 2 aromatic carbocycles. The SMILES string of the molecule is Cc1ccc(CNC(=O)C(C)Sc2nncn2-c2ccc(C)c(Cl)c2)cc1. The Kier molecular flexibility index (Phi) is 6.19. The number of rotatable bonds is 6. The van der Waals surface area contributed by atoms with Crippen LogP contribution in [0.25, 0.3) is 5.69 Å². The van der Waals surface area contributed by atoms with E-state index < -0.39 is 0 Å². The quantitative estimate of drug-likeness (QED) is 0.625. The molecule has 1 amide bonds. The summed E-state index contributed by atoms with van der Waals surface area (Å²) in [5, 5.41) is 12.1. The van der Waals surface area contributed by atoms with Gasteiger partial charge in [-0.05, 0) is 44.0 Å². The van der Waals surface area contributed by atoms with Crippen LogP contribution < -0.4 is 5.32 Å². The van der Waals surface area contributed by atoms with Gasteiger partial charge in [-0.25, -0.2) is 0 Å². The highest BCUT2D eigenvalue weighted by atomic mass is 35.5. The van der Waals surface area contributed by atoms with Crippen LogP contribution in [0.4, 0.5) is 0 Å². The third-order valence-electron chi connectivity index (χ3n) is 4.19. The van der Waals surface area contributed by atoms with E-state index in [9.17, 15) is 4.79 Å². The molecule has 1 aromatic heterocycles. The molecule has 1 N–H and O–H groups in total. The van der Waals surface area contributed by atoms with Gasteiger partial charge in [-0.2, -0.15) is 0 Å². The molecule has 0 aliphatic rings. The molecule has 0 aliphatic carbocycles. The fraction of sp³-hybridized carbons (Fsp3) is 0.250. The minimum Gasteiger partial charge on any atom is -0.351 e. The van der Waals surface area contributed by atoms with Crippen molar-refractivity contribution in [2.24, 2.45) is 0 Å². The number of nitrogens with zero attached hydrogens (tertiary/aromatic N) is 3. The molecule has 0 bridgehead atoms. The van der Waals surface area contributed by atoms with Crippen LogP contribution in [0, 0.1) is 13.8 Å². The number of nitrogens with one attached hydrogen (secondary N) is 1. The van der Waals surface area contributed by atoms with Crippen LogP contribution in [-0.4, -0.2) is 25.9 Å². The highest BCUT2D eigenvalue weighted by Gasteiger charge is 2.18. The van der Waals surface area contributed by atoms with E-state index in [1.54, 1.807) is 6.33 Å². The molecule has 27 heavy (non-hydrogen) atoms. The zero-order chi connectivity index (χ0) is 19.4. The number of hydrogen-bond donors (Lipinski definition) is 1. The Labute approximate surface area is 168 Å². The average Bonchev–Trinajstić information content (AvgIpc) is 3.11. The molecule has 1 atom stereocenters. The van der Waals surface area contributed by atoms with E-state index in [2.05, 4.69) is 15.5 Å². The van der Waals surface area contributed by atoms with Gasteiger partial charge < -0.3 is 5.32 Å². The van der Waals surface area contributed by atoms with Crippen LogP contribution in [0.1, 0.15) is 23.6 Å². The molecule has 0 fully saturated rings. The maximum atomic E-state index is 12.4. The van der Waals surface area contributed by atoms with Crippen LogP contribution in [-0.2, 0) is 11.3 Å². The summed E-state index contributed by atoms with van der Waals surface area (Å²) in [5.74, 6) is -0.0444. The number of aryl methyl sites for hydroxylation is 2. The van der Waals surface area contributed by atoms with E-state index in [0.717, 1.165) is 16.8 Å². The van der Waals surface area contributed by atoms with Crippen molar-refractivity contribution in [3.05, 3.63) is 70.5 Å². The second-order valence-corrected chi connectivity index (χ2v) is 8.10. The molecule has 0 spiro atoms. The number of carbonyl (C=O) groups excluding carboxylic acids is 1. The smallest absolute Gasteiger partial charge is 0.233 e. The van der Waals surface area contributed by atoms with Crippen molar-refractivity contribution >= 4 is 29.3 Å². The fourth-order valence-electron chi connectivity index (χ4n) is 2.46. The molecule has 0 saturated heterocycles. The van der Waals surface area contributed by atoms with E-state index in [4.69, 9.17) is 11.6 Å². The molecule has 1 heterocycles. The second-order valence-electron chi connectivity index (χ2n) is 6.38. The summed E-state index contributed by atoms with van der Waals surface area (Å²) < 4.78 is 1.83. The van der Waals surface area contributed by atoms with E-state index in [1.807, 2.05) is 67.8 Å². The number of benzene rings is 2. The molecule has 0 saturated carbocycles. The number of aromatic nitrogens is 3. The second kappa shape index (κ2) is 8.59. The molecule has 0 radical (unpaired) electrons. The largest absolute Gasteiger partial charge is 0.351 e. The maximum Gasteiger partial charge on any atom is 0.233 e. The fourth-order valence-corrected chi connectivity index (χ4v) is 3.51. The Hall–Kier alpha value is -2.31. The lowest BCUT2D eigenvalue weighted by Gasteiger charge is -2.13. The van der Waals surface area contributed by atoms with Crippen molar-refractivity contribution < 1.29 is 4.79 Å². The molecule has 3 aromatic rings. The summed E-state index contributed by atoms with van der Waals surface area (Å²) in [7, 11) is 0. The minimum absolute atomic E-state index is 0.0444. The number of hydrogen-bond acceptors (Lipinski definition) is 4. The topological polar surface area (TPSA) is 59.8 Å². The van der Waals surface area contributed by atoms with E-state index in [1.165, 1.54) is 17.3 Å². The standard InChI is InChI=1S/C20H21ClN4OS/c1-13-4-7-16(8-5-13)11-22-19(26)15(3)27-20-24-23-12-25(20)17-9-6-14(2)18(21)10-17/h4-10,12,15H,11H2,1-3H3,(H,22,26). The van der Waals surface area contributed by atoms with Gasteiger partial charge in [0.25, 0.3) is 0 Å². The van der Waals surface area contributed by atoms with E-state index in [0.29, 0.717) is 16.7 Å². The van der Waals surface area contributed by atoms with Crippen LogP contribution in [0.15, 0.2) is 53.9 Å². The lowest BCUT2D eigenvalue weighted by molar-refractivity contribution is -0.120. The number of carbonyl (C=O) groups is 1. The van der Waals surface area contributed by atoms with Gasteiger partial charge in [0.2, 0.25) is 5.91 Å². The number of halogens is 1. The summed E-state index contributed by atoms with van der Waals surface area (Å²) >= 11 is 7.59. The highest BCUT2D eigenvalue weighted by molar-refractivity contribution is 8.00. The number of thioether (sulfide) groups is 1. The predicted molar refractivity (Wildman–Crippen MR) is 109 cm³/mol. The monoisotopic (exact) mass is 400 g/mol. The Bertz CT molecular complexity index is 939. The normalized spacial score (nSPS) is 12.0. The summed E-state index contributed by atoms with van der Waals surface area (Å²) in [4.78, 5) is 12.4. The predicted octanol–water partition coefficient (Wildman–Crippen LogP) is 4.33. The van der Waals surface area contributed by atoms with Gasteiger partial charge in [-0.3, -0.25) is 9.36 Å². The lowest BCUT2D eigenvalue weighted by atomic mass is 10.1. The molecule has 1 unspecified atom stereocenters. The van der Waals surface area contributed by atoms with Gasteiger partial charge >= 0.3 is 0 Å². The van der Waals surface area contributed by atoms with Crippen molar-refractivity contribution in [3.63, 3.8) is 0 Å². The third-order valence-corrected chi connectivity index (χ3v) is 5.65. The van der Waals surface area contributed by atoms with Crippen LogP contribution in [0.2, 0.25) is 5.02 Å². The first kappa shape index (κ1) is 19.5. The zero-order valence-corrected chi connectivity index (χ0v) is 17.0. The van der Waals surface area contributed by atoms with Gasteiger partial charge in [0.05, 0.1) is 10.9 Å². The third kappa shape index (κ3) is 4.90. The molecule has 0 aliphatic heterocycles. The Morgan fingerprint density at radius 3 is 2.67 bits per heavy atom. The van der Waals surface area contributed by atoms with Gasteiger partial charge in [-0.15, -0.1) is 10.2 Å². The van der Waals surface area contributed by atoms with Crippen molar-refractivity contribution in [2.75, 3.05) is 0 Å². The first-order valence-electron chi connectivity index (χ1n) is 8.60. The molecular formula is C20H21ClN4OS. The van der Waals surface area contributed by atoms with Crippen molar-refractivity contribution in [3.8, 4) is 5.69 Å². The Morgan fingerprint density at radius 1 is 1.22 bits per heavy atom. The van der Waals surface area contributed by atoms with Crippen molar-refractivity contribution in [1.82, 2.24) is 20.1 Å². The summed E-state index contributed by atoms with van der Waals surface area (Å²) in [6.45, 7) is 6.35. The van der Waals surface area contributed by atoms with Crippen LogP contribution in [0.3, 0.4) is 0 Å². The lowest BCUT2D eigenvalue weighted by Crippen LogP contribution is -2.30. The van der Waals surface area contributed by atoms with Crippen LogP contribution >= 0.6 is 23.4 Å². The van der Waals surface area contributed by atoms with E-state index in [-0.39, 0.29) is 11.2 Å². The zero-order valence-electron chi connectivity index (χ0n) is 15.4. The summed E-state index contributed by atoms with van der Waals surface area (Å²) in [6, 6.07) is 13.9.